The lowest BCUT2D eigenvalue weighted by Gasteiger charge is -2.19. The van der Waals surface area contributed by atoms with Crippen LogP contribution in [0, 0.1) is 0 Å². The number of fused-ring (bicyclic) bond motifs is 1. The number of hydrogen-bond acceptors (Lipinski definition) is 3. The first-order valence-corrected chi connectivity index (χ1v) is 4.58. The summed E-state index contributed by atoms with van der Waals surface area (Å²) in [6.45, 7) is 3.94. The molecule has 2 aromatic heterocycles. The molecular formula is C11H13N3. The van der Waals surface area contributed by atoms with Crippen LogP contribution in [0.3, 0.4) is 0 Å². The highest BCUT2D eigenvalue weighted by Crippen LogP contribution is 2.22. The minimum atomic E-state index is -0.379. The summed E-state index contributed by atoms with van der Waals surface area (Å²) in [4.78, 5) is 8.54. The summed E-state index contributed by atoms with van der Waals surface area (Å²) in [6, 6.07) is 5.75. The average molecular weight is 187 g/mol. The van der Waals surface area contributed by atoms with Gasteiger partial charge in [0.15, 0.2) is 0 Å². The first-order valence-electron chi connectivity index (χ1n) is 4.58. The van der Waals surface area contributed by atoms with E-state index < -0.39 is 0 Å². The second-order valence-electron chi connectivity index (χ2n) is 3.95. The Morgan fingerprint density at radius 1 is 1.14 bits per heavy atom. The molecule has 0 spiro atoms. The molecule has 0 aliphatic heterocycles. The van der Waals surface area contributed by atoms with Crippen LogP contribution in [0.2, 0.25) is 0 Å². The largest absolute Gasteiger partial charge is 0.322 e. The number of nitrogens with two attached hydrogens (primary N) is 1. The molecule has 2 aromatic rings. The van der Waals surface area contributed by atoms with E-state index in [9.17, 15) is 0 Å². The van der Waals surface area contributed by atoms with Crippen LogP contribution >= 0.6 is 0 Å². The quantitative estimate of drug-likeness (QED) is 0.741. The number of aromatic nitrogens is 2. The maximum Gasteiger partial charge on any atom is 0.0936 e. The van der Waals surface area contributed by atoms with Gasteiger partial charge >= 0.3 is 0 Å². The molecule has 0 bridgehead atoms. The van der Waals surface area contributed by atoms with Crippen molar-refractivity contribution in [3.05, 3.63) is 36.2 Å². The van der Waals surface area contributed by atoms with Gasteiger partial charge in [0, 0.05) is 23.5 Å². The summed E-state index contributed by atoms with van der Waals surface area (Å²) < 4.78 is 0. The summed E-state index contributed by atoms with van der Waals surface area (Å²) >= 11 is 0. The van der Waals surface area contributed by atoms with Crippen molar-refractivity contribution in [2.45, 2.75) is 19.4 Å². The van der Waals surface area contributed by atoms with Gasteiger partial charge in [-0.15, -0.1) is 0 Å². The maximum atomic E-state index is 6.06. The topological polar surface area (TPSA) is 51.8 Å². The van der Waals surface area contributed by atoms with Gasteiger partial charge < -0.3 is 5.73 Å². The van der Waals surface area contributed by atoms with E-state index >= 15 is 0 Å². The van der Waals surface area contributed by atoms with Gasteiger partial charge in [0.1, 0.15) is 0 Å². The molecule has 3 nitrogen and oxygen atoms in total. The zero-order chi connectivity index (χ0) is 10.2. The zero-order valence-corrected chi connectivity index (χ0v) is 8.36. The molecule has 0 saturated carbocycles. The molecule has 0 aliphatic carbocycles. The van der Waals surface area contributed by atoms with Crippen LogP contribution in [0.5, 0.6) is 0 Å². The predicted octanol–water partition coefficient (Wildman–Crippen LogP) is 1.82. The van der Waals surface area contributed by atoms with Gasteiger partial charge in [0.05, 0.1) is 11.0 Å². The van der Waals surface area contributed by atoms with E-state index in [0.29, 0.717) is 0 Å². The highest BCUT2D eigenvalue weighted by atomic mass is 14.8. The highest BCUT2D eigenvalue weighted by Gasteiger charge is 2.17. The molecule has 2 heterocycles. The first kappa shape index (κ1) is 9.09. The number of pyridine rings is 2. The fourth-order valence-corrected chi connectivity index (χ4v) is 1.50. The van der Waals surface area contributed by atoms with Crippen LogP contribution in [0.25, 0.3) is 11.0 Å². The molecule has 14 heavy (non-hydrogen) atoms. The van der Waals surface area contributed by atoms with E-state index in [0.717, 1.165) is 16.6 Å². The molecule has 0 radical (unpaired) electrons. The maximum absolute atomic E-state index is 6.06. The van der Waals surface area contributed by atoms with Crippen LogP contribution < -0.4 is 5.73 Å². The van der Waals surface area contributed by atoms with Crippen molar-refractivity contribution >= 4 is 11.0 Å². The number of hydrogen-bond donors (Lipinski definition) is 1. The normalized spacial score (nSPS) is 11.9. The Balaban J connectivity index is 2.78. The first-order chi connectivity index (χ1) is 6.59. The summed E-state index contributed by atoms with van der Waals surface area (Å²) in [5.74, 6) is 0. The van der Waals surface area contributed by atoms with Gasteiger partial charge in [-0.1, -0.05) is 0 Å². The SMILES string of the molecule is CC(C)(N)c1ccnc2cccnc12. The smallest absolute Gasteiger partial charge is 0.0936 e. The standard InChI is InChI=1S/C11H13N3/c1-11(2,12)8-5-7-13-9-4-3-6-14-10(8)9/h3-7H,12H2,1-2H3. The zero-order valence-electron chi connectivity index (χ0n) is 8.36. The third kappa shape index (κ3) is 1.46. The van der Waals surface area contributed by atoms with E-state index in [4.69, 9.17) is 5.73 Å². The summed E-state index contributed by atoms with van der Waals surface area (Å²) in [7, 11) is 0. The summed E-state index contributed by atoms with van der Waals surface area (Å²) in [6.07, 6.45) is 3.53. The van der Waals surface area contributed by atoms with Crippen LogP contribution in [-0.2, 0) is 5.54 Å². The van der Waals surface area contributed by atoms with Crippen molar-refractivity contribution in [1.82, 2.24) is 9.97 Å². The molecule has 3 heteroatoms. The van der Waals surface area contributed by atoms with E-state index in [1.54, 1.807) is 12.4 Å². The lowest BCUT2D eigenvalue weighted by molar-refractivity contribution is 0.558. The second-order valence-corrected chi connectivity index (χ2v) is 3.95. The Morgan fingerprint density at radius 2 is 1.93 bits per heavy atom. The van der Waals surface area contributed by atoms with Gasteiger partial charge in [-0.3, -0.25) is 9.97 Å². The highest BCUT2D eigenvalue weighted by molar-refractivity contribution is 5.78. The van der Waals surface area contributed by atoms with Crippen molar-refractivity contribution in [2.24, 2.45) is 5.73 Å². The lowest BCUT2D eigenvalue weighted by atomic mass is 9.95. The molecule has 2 N–H and O–H groups in total. The molecule has 0 atom stereocenters. The predicted molar refractivity (Wildman–Crippen MR) is 56.8 cm³/mol. The number of rotatable bonds is 1. The fraction of sp³-hybridized carbons (Fsp3) is 0.273. The van der Waals surface area contributed by atoms with Crippen LogP contribution in [0.1, 0.15) is 19.4 Å². The third-order valence-corrected chi connectivity index (χ3v) is 2.19. The molecule has 72 valence electrons. The lowest BCUT2D eigenvalue weighted by Crippen LogP contribution is -2.29. The van der Waals surface area contributed by atoms with Crippen molar-refractivity contribution in [2.75, 3.05) is 0 Å². The monoisotopic (exact) mass is 187 g/mol. The Labute approximate surface area is 83.0 Å². The third-order valence-electron chi connectivity index (χ3n) is 2.19. The van der Waals surface area contributed by atoms with Gasteiger partial charge in [-0.25, -0.2) is 0 Å². The Kier molecular flexibility index (Phi) is 1.97. The van der Waals surface area contributed by atoms with Crippen molar-refractivity contribution in [3.63, 3.8) is 0 Å². The minimum absolute atomic E-state index is 0.379. The molecule has 0 aliphatic rings. The Hall–Kier alpha value is -1.48. The van der Waals surface area contributed by atoms with Crippen LogP contribution in [0.15, 0.2) is 30.6 Å². The van der Waals surface area contributed by atoms with E-state index in [2.05, 4.69) is 9.97 Å². The molecular weight excluding hydrogens is 174 g/mol. The average Bonchev–Trinajstić information content (AvgIpc) is 2.15. The van der Waals surface area contributed by atoms with E-state index in [1.807, 2.05) is 32.0 Å². The van der Waals surface area contributed by atoms with Crippen molar-refractivity contribution < 1.29 is 0 Å². The van der Waals surface area contributed by atoms with Gasteiger partial charge in [0.25, 0.3) is 0 Å². The number of nitrogens with zero attached hydrogens (tertiary/aromatic N) is 2. The Morgan fingerprint density at radius 3 is 2.64 bits per heavy atom. The van der Waals surface area contributed by atoms with Gasteiger partial charge in [-0.2, -0.15) is 0 Å². The van der Waals surface area contributed by atoms with Gasteiger partial charge in [0.2, 0.25) is 0 Å². The molecule has 0 amide bonds. The molecule has 2 rings (SSSR count). The molecule has 0 aromatic carbocycles. The van der Waals surface area contributed by atoms with E-state index in [-0.39, 0.29) is 5.54 Å². The fourth-order valence-electron chi connectivity index (χ4n) is 1.50. The van der Waals surface area contributed by atoms with E-state index in [1.165, 1.54) is 0 Å². The van der Waals surface area contributed by atoms with Crippen LogP contribution in [-0.4, -0.2) is 9.97 Å². The van der Waals surface area contributed by atoms with Gasteiger partial charge in [-0.05, 0) is 32.0 Å². The molecule has 0 fully saturated rings. The second kappa shape index (κ2) is 3.03. The van der Waals surface area contributed by atoms with Crippen molar-refractivity contribution in [3.8, 4) is 0 Å². The minimum Gasteiger partial charge on any atom is -0.322 e. The van der Waals surface area contributed by atoms with Crippen molar-refractivity contribution in [1.29, 1.82) is 0 Å². The molecule has 0 unspecified atom stereocenters. The Bertz CT molecular complexity index is 452. The summed E-state index contributed by atoms with van der Waals surface area (Å²) in [5.41, 5.74) is 8.49. The van der Waals surface area contributed by atoms with Crippen LogP contribution in [0.4, 0.5) is 0 Å². The molecule has 0 saturated heterocycles. The summed E-state index contributed by atoms with van der Waals surface area (Å²) in [5, 5.41) is 0.